The number of hydrogen-bond donors (Lipinski definition) is 3. The summed E-state index contributed by atoms with van der Waals surface area (Å²) < 4.78 is 26.9. The zero-order valence-corrected chi connectivity index (χ0v) is 12.6. The Kier molecular flexibility index (Phi) is 5.52. The van der Waals surface area contributed by atoms with Crippen LogP contribution in [0, 0.1) is 13.8 Å². The van der Waals surface area contributed by atoms with Crippen LogP contribution in [0.4, 0.5) is 5.69 Å². The van der Waals surface area contributed by atoms with Crippen molar-refractivity contribution in [2.75, 3.05) is 12.3 Å². The summed E-state index contributed by atoms with van der Waals surface area (Å²) in [6.07, 6.45) is 1.38. The molecule has 0 fully saturated rings. The van der Waals surface area contributed by atoms with E-state index in [0.717, 1.165) is 5.56 Å². The van der Waals surface area contributed by atoms with Gasteiger partial charge in [-0.1, -0.05) is 0 Å². The Morgan fingerprint density at radius 3 is 2.50 bits per heavy atom. The molecule has 0 radical (unpaired) electrons. The lowest BCUT2D eigenvalue weighted by Crippen LogP contribution is -2.26. The van der Waals surface area contributed by atoms with E-state index in [0.29, 0.717) is 24.1 Å². The summed E-state index contributed by atoms with van der Waals surface area (Å²) in [5, 5.41) is 0. The minimum atomic E-state index is -3.58. The number of nitrogens with two attached hydrogens (primary N) is 2. The summed E-state index contributed by atoms with van der Waals surface area (Å²) in [6, 6.07) is 3.33. The first kappa shape index (κ1) is 16.5. The van der Waals surface area contributed by atoms with Gasteiger partial charge in [0, 0.05) is 18.7 Å². The van der Waals surface area contributed by atoms with Crippen LogP contribution in [0.15, 0.2) is 17.0 Å². The Balaban J connectivity index is 2.72. The third-order valence-electron chi connectivity index (χ3n) is 2.98. The zero-order valence-electron chi connectivity index (χ0n) is 11.8. The molecule has 0 atom stereocenters. The van der Waals surface area contributed by atoms with Crippen LogP contribution >= 0.6 is 0 Å². The minimum Gasteiger partial charge on any atom is -0.398 e. The number of nitrogens with one attached hydrogen (secondary N) is 1. The average molecular weight is 299 g/mol. The zero-order chi connectivity index (χ0) is 15.3. The maximum atomic E-state index is 12.2. The molecule has 6 nitrogen and oxygen atoms in total. The van der Waals surface area contributed by atoms with Crippen molar-refractivity contribution in [3.63, 3.8) is 0 Å². The SMILES string of the molecule is Cc1cc(N)c(C)c(S(=O)(=O)NCCCCC(N)=O)c1. The standard InChI is InChI=1S/C13H21N3O3S/c1-9-7-11(14)10(2)12(8-9)20(18,19)16-6-4-3-5-13(15)17/h7-8,16H,3-6,14H2,1-2H3,(H2,15,17). The molecule has 0 saturated heterocycles. The smallest absolute Gasteiger partial charge is 0.240 e. The van der Waals surface area contributed by atoms with Gasteiger partial charge in [0.2, 0.25) is 15.9 Å². The molecule has 0 spiro atoms. The summed E-state index contributed by atoms with van der Waals surface area (Å²) in [6.45, 7) is 3.74. The third kappa shape index (κ3) is 4.50. The topological polar surface area (TPSA) is 115 Å². The van der Waals surface area contributed by atoms with E-state index < -0.39 is 10.0 Å². The largest absolute Gasteiger partial charge is 0.398 e. The van der Waals surface area contributed by atoms with Gasteiger partial charge in [0.1, 0.15) is 0 Å². The van der Waals surface area contributed by atoms with Gasteiger partial charge in [-0.05, 0) is 49.9 Å². The van der Waals surface area contributed by atoms with Crippen LogP contribution in [-0.4, -0.2) is 20.9 Å². The molecular weight excluding hydrogens is 278 g/mol. The maximum absolute atomic E-state index is 12.2. The highest BCUT2D eigenvalue weighted by molar-refractivity contribution is 7.89. The van der Waals surface area contributed by atoms with Crippen molar-refractivity contribution in [1.82, 2.24) is 4.72 Å². The van der Waals surface area contributed by atoms with E-state index in [2.05, 4.69) is 4.72 Å². The fraction of sp³-hybridized carbons (Fsp3) is 0.462. The second-order valence-electron chi connectivity index (χ2n) is 4.80. The highest BCUT2D eigenvalue weighted by Gasteiger charge is 2.18. The lowest BCUT2D eigenvalue weighted by atomic mass is 10.1. The van der Waals surface area contributed by atoms with Gasteiger partial charge in [0.25, 0.3) is 0 Å². The van der Waals surface area contributed by atoms with Gasteiger partial charge in [-0.3, -0.25) is 4.79 Å². The molecule has 1 aromatic carbocycles. The summed E-state index contributed by atoms with van der Waals surface area (Å²) in [5.74, 6) is -0.379. The first-order valence-electron chi connectivity index (χ1n) is 6.38. The molecule has 1 aromatic rings. The molecule has 0 heterocycles. The van der Waals surface area contributed by atoms with Gasteiger partial charge in [-0.25, -0.2) is 13.1 Å². The van der Waals surface area contributed by atoms with Gasteiger partial charge in [-0.2, -0.15) is 0 Å². The van der Waals surface area contributed by atoms with Gasteiger partial charge < -0.3 is 11.5 Å². The van der Waals surface area contributed by atoms with Gasteiger partial charge >= 0.3 is 0 Å². The van der Waals surface area contributed by atoms with Crippen molar-refractivity contribution >= 4 is 21.6 Å². The van der Waals surface area contributed by atoms with Crippen molar-refractivity contribution in [3.8, 4) is 0 Å². The fourth-order valence-electron chi connectivity index (χ4n) is 1.84. The van der Waals surface area contributed by atoms with Crippen molar-refractivity contribution in [1.29, 1.82) is 0 Å². The van der Waals surface area contributed by atoms with Crippen LogP contribution in [0.25, 0.3) is 0 Å². The van der Waals surface area contributed by atoms with Crippen molar-refractivity contribution in [2.45, 2.75) is 38.0 Å². The number of hydrogen-bond acceptors (Lipinski definition) is 4. The highest BCUT2D eigenvalue weighted by Crippen LogP contribution is 2.22. The predicted octanol–water partition coefficient (Wildman–Crippen LogP) is 0.820. The van der Waals surface area contributed by atoms with Crippen LogP contribution < -0.4 is 16.2 Å². The number of amides is 1. The molecule has 20 heavy (non-hydrogen) atoms. The monoisotopic (exact) mass is 299 g/mol. The van der Waals surface area contributed by atoms with E-state index >= 15 is 0 Å². The summed E-state index contributed by atoms with van der Waals surface area (Å²) in [4.78, 5) is 10.8. The van der Waals surface area contributed by atoms with Crippen LogP contribution in [0.5, 0.6) is 0 Å². The molecule has 7 heteroatoms. The van der Waals surface area contributed by atoms with E-state index in [1.54, 1.807) is 26.0 Å². The Hall–Kier alpha value is -1.60. The first-order chi connectivity index (χ1) is 9.24. The first-order valence-corrected chi connectivity index (χ1v) is 7.87. The Morgan fingerprint density at radius 1 is 1.25 bits per heavy atom. The molecule has 112 valence electrons. The normalized spacial score (nSPS) is 11.5. The Bertz CT molecular complexity index is 597. The van der Waals surface area contributed by atoms with E-state index in [1.807, 2.05) is 0 Å². The summed E-state index contributed by atoms with van der Waals surface area (Å²) in [5.41, 5.74) is 12.6. The van der Waals surface area contributed by atoms with E-state index in [1.165, 1.54) is 0 Å². The van der Waals surface area contributed by atoms with Crippen LogP contribution in [0.1, 0.15) is 30.4 Å². The van der Waals surface area contributed by atoms with E-state index in [9.17, 15) is 13.2 Å². The van der Waals surface area contributed by atoms with Crippen molar-refractivity contribution < 1.29 is 13.2 Å². The van der Waals surface area contributed by atoms with Gasteiger partial charge in [-0.15, -0.1) is 0 Å². The van der Waals surface area contributed by atoms with Crippen molar-refractivity contribution in [2.24, 2.45) is 5.73 Å². The number of benzene rings is 1. The average Bonchev–Trinajstić information content (AvgIpc) is 2.32. The summed E-state index contributed by atoms with van der Waals surface area (Å²) in [7, 11) is -3.58. The predicted molar refractivity (Wildman–Crippen MR) is 78.6 cm³/mol. The Labute approximate surface area is 119 Å². The number of primary amides is 1. The molecular formula is C13H21N3O3S. The van der Waals surface area contributed by atoms with Crippen LogP contribution in [0.2, 0.25) is 0 Å². The molecule has 1 rings (SSSR count). The Morgan fingerprint density at radius 2 is 1.90 bits per heavy atom. The number of aryl methyl sites for hydroxylation is 1. The lowest BCUT2D eigenvalue weighted by molar-refractivity contribution is -0.118. The minimum absolute atomic E-state index is 0.199. The van der Waals surface area contributed by atoms with E-state index in [-0.39, 0.29) is 23.8 Å². The molecule has 0 aliphatic rings. The molecule has 0 aromatic heterocycles. The van der Waals surface area contributed by atoms with Crippen LogP contribution in [0.3, 0.4) is 0 Å². The molecule has 0 bridgehead atoms. The highest BCUT2D eigenvalue weighted by atomic mass is 32.2. The molecule has 0 aliphatic carbocycles. The molecule has 0 saturated carbocycles. The fourth-order valence-corrected chi connectivity index (χ4v) is 3.27. The molecule has 1 amide bonds. The van der Waals surface area contributed by atoms with Crippen molar-refractivity contribution in [3.05, 3.63) is 23.3 Å². The maximum Gasteiger partial charge on any atom is 0.240 e. The molecule has 0 aliphatic heterocycles. The quantitative estimate of drug-likeness (QED) is 0.510. The van der Waals surface area contributed by atoms with E-state index in [4.69, 9.17) is 11.5 Å². The number of carbonyl (C=O) groups is 1. The third-order valence-corrected chi connectivity index (χ3v) is 4.56. The number of anilines is 1. The summed E-state index contributed by atoms with van der Waals surface area (Å²) >= 11 is 0. The second-order valence-corrected chi connectivity index (χ2v) is 6.53. The van der Waals surface area contributed by atoms with Gasteiger partial charge in [0.15, 0.2) is 0 Å². The van der Waals surface area contributed by atoms with Gasteiger partial charge in [0.05, 0.1) is 4.90 Å². The van der Waals surface area contributed by atoms with Crippen LogP contribution in [-0.2, 0) is 14.8 Å². The number of nitrogen functional groups attached to an aromatic ring is 1. The number of carbonyl (C=O) groups excluding carboxylic acids is 1. The number of rotatable bonds is 7. The number of sulfonamides is 1. The number of unbranched alkanes of at least 4 members (excludes halogenated alkanes) is 1. The molecule has 5 N–H and O–H groups in total. The molecule has 0 unspecified atom stereocenters. The lowest BCUT2D eigenvalue weighted by Gasteiger charge is -2.12. The second kappa shape index (κ2) is 6.71.